The van der Waals surface area contributed by atoms with Crippen LogP contribution in [0.5, 0.6) is 5.75 Å². The molecule has 0 aliphatic heterocycles. The number of amides is 1. The Morgan fingerprint density at radius 1 is 1.20 bits per heavy atom. The maximum atomic E-state index is 12.4. The number of carbonyl (C=O) groups excluding carboxylic acids is 1. The highest BCUT2D eigenvalue weighted by Gasteiger charge is 2.13. The summed E-state index contributed by atoms with van der Waals surface area (Å²) in [6.07, 6.45) is 3.24. The molecule has 0 bridgehead atoms. The van der Waals surface area contributed by atoms with E-state index in [1.807, 2.05) is 48.5 Å². The lowest BCUT2D eigenvalue weighted by atomic mass is 10.3. The van der Waals surface area contributed by atoms with E-state index in [9.17, 15) is 4.79 Å². The number of ether oxygens (including phenoxy) is 1. The summed E-state index contributed by atoms with van der Waals surface area (Å²) < 4.78 is 7.83. The number of benzene rings is 2. The van der Waals surface area contributed by atoms with Gasteiger partial charge in [-0.3, -0.25) is 10.1 Å². The Kier molecular flexibility index (Phi) is 3.91. The standard InChI is InChI=1S/C18H14N4O2S/c1-24-14-7-8-15-16(9-14)25-18(20-15)21-17(23)12-10-19-22(11-12)13-5-3-2-4-6-13/h2-11H,1H3,(H,20,21,23). The molecule has 0 aliphatic rings. The molecule has 0 saturated heterocycles. The summed E-state index contributed by atoms with van der Waals surface area (Å²) in [5.41, 5.74) is 2.19. The third-order valence-electron chi connectivity index (χ3n) is 3.68. The number of hydrogen-bond donors (Lipinski definition) is 1. The van der Waals surface area contributed by atoms with E-state index in [1.54, 1.807) is 24.2 Å². The first-order valence-corrected chi connectivity index (χ1v) is 8.40. The molecule has 0 aliphatic carbocycles. The quantitative estimate of drug-likeness (QED) is 0.609. The van der Waals surface area contributed by atoms with Crippen LogP contribution in [-0.4, -0.2) is 27.8 Å². The van der Waals surface area contributed by atoms with Gasteiger partial charge in [0.25, 0.3) is 5.91 Å². The van der Waals surface area contributed by atoms with E-state index < -0.39 is 0 Å². The monoisotopic (exact) mass is 350 g/mol. The van der Waals surface area contributed by atoms with Crippen LogP contribution in [0.1, 0.15) is 10.4 Å². The molecule has 4 rings (SSSR count). The van der Waals surface area contributed by atoms with Crippen molar-refractivity contribution in [2.45, 2.75) is 0 Å². The second-order valence-corrected chi connectivity index (χ2v) is 6.35. The molecule has 1 amide bonds. The van der Waals surface area contributed by atoms with E-state index in [0.29, 0.717) is 10.7 Å². The molecule has 0 spiro atoms. The third kappa shape index (κ3) is 3.09. The van der Waals surface area contributed by atoms with Crippen molar-refractivity contribution in [2.75, 3.05) is 12.4 Å². The zero-order valence-electron chi connectivity index (χ0n) is 13.3. The van der Waals surface area contributed by atoms with E-state index >= 15 is 0 Å². The SMILES string of the molecule is COc1ccc2nc(NC(=O)c3cnn(-c4ccccc4)c3)sc2c1. The van der Waals surface area contributed by atoms with Gasteiger partial charge in [0.2, 0.25) is 0 Å². The Labute approximate surface area is 147 Å². The first-order valence-electron chi connectivity index (χ1n) is 7.59. The number of fused-ring (bicyclic) bond motifs is 1. The second kappa shape index (κ2) is 6.37. The van der Waals surface area contributed by atoms with E-state index in [0.717, 1.165) is 21.7 Å². The number of rotatable bonds is 4. The van der Waals surface area contributed by atoms with Gasteiger partial charge in [-0.25, -0.2) is 9.67 Å². The topological polar surface area (TPSA) is 69.0 Å². The second-order valence-electron chi connectivity index (χ2n) is 5.32. The smallest absolute Gasteiger partial charge is 0.260 e. The molecule has 0 unspecified atom stereocenters. The Bertz CT molecular complexity index is 1040. The maximum absolute atomic E-state index is 12.4. The minimum Gasteiger partial charge on any atom is -0.497 e. The van der Waals surface area contributed by atoms with Gasteiger partial charge in [0.15, 0.2) is 5.13 Å². The summed E-state index contributed by atoms with van der Waals surface area (Å²) in [6.45, 7) is 0. The number of methoxy groups -OCH3 is 1. The van der Waals surface area contributed by atoms with Crippen LogP contribution in [0, 0.1) is 0 Å². The fourth-order valence-corrected chi connectivity index (χ4v) is 3.31. The van der Waals surface area contributed by atoms with Crippen LogP contribution >= 0.6 is 11.3 Å². The van der Waals surface area contributed by atoms with E-state index in [2.05, 4.69) is 15.4 Å². The zero-order chi connectivity index (χ0) is 17.2. The maximum Gasteiger partial charge on any atom is 0.260 e. The summed E-state index contributed by atoms with van der Waals surface area (Å²) in [5.74, 6) is 0.520. The zero-order valence-corrected chi connectivity index (χ0v) is 14.2. The van der Waals surface area contributed by atoms with E-state index in [-0.39, 0.29) is 5.91 Å². The van der Waals surface area contributed by atoms with Gasteiger partial charge >= 0.3 is 0 Å². The Morgan fingerprint density at radius 3 is 2.84 bits per heavy atom. The molecule has 124 valence electrons. The molecule has 0 fully saturated rings. The van der Waals surface area contributed by atoms with Crippen LogP contribution < -0.4 is 10.1 Å². The number of para-hydroxylation sites is 1. The molecule has 1 N–H and O–H groups in total. The van der Waals surface area contributed by atoms with Crippen LogP contribution in [0.15, 0.2) is 60.9 Å². The number of anilines is 1. The van der Waals surface area contributed by atoms with E-state index in [4.69, 9.17) is 4.74 Å². The molecule has 2 heterocycles. The van der Waals surface area contributed by atoms with Crippen molar-refractivity contribution in [1.82, 2.24) is 14.8 Å². The summed E-state index contributed by atoms with van der Waals surface area (Å²) in [6, 6.07) is 15.2. The first kappa shape index (κ1) is 15.3. The third-order valence-corrected chi connectivity index (χ3v) is 4.62. The molecule has 0 saturated carbocycles. The van der Waals surface area contributed by atoms with Gasteiger partial charge in [0.1, 0.15) is 5.75 Å². The first-order chi connectivity index (χ1) is 12.2. The van der Waals surface area contributed by atoms with Crippen LogP contribution in [0.25, 0.3) is 15.9 Å². The Balaban J connectivity index is 1.55. The van der Waals surface area contributed by atoms with Crippen LogP contribution in [0.4, 0.5) is 5.13 Å². The molecule has 0 radical (unpaired) electrons. The van der Waals surface area contributed by atoms with Crippen molar-refractivity contribution < 1.29 is 9.53 Å². The molecule has 0 atom stereocenters. The number of thiazole rings is 1. The van der Waals surface area contributed by atoms with Crippen LogP contribution in [-0.2, 0) is 0 Å². The molecular weight excluding hydrogens is 336 g/mol. The van der Waals surface area contributed by atoms with Gasteiger partial charge in [-0.2, -0.15) is 5.10 Å². The van der Waals surface area contributed by atoms with Crippen LogP contribution in [0.3, 0.4) is 0 Å². The molecule has 2 aromatic heterocycles. The normalized spacial score (nSPS) is 10.8. The van der Waals surface area contributed by atoms with Crippen molar-refractivity contribution in [3.8, 4) is 11.4 Å². The van der Waals surface area contributed by atoms with Crippen molar-refractivity contribution in [2.24, 2.45) is 0 Å². The van der Waals surface area contributed by atoms with Crippen molar-refractivity contribution in [3.05, 3.63) is 66.5 Å². The van der Waals surface area contributed by atoms with Gasteiger partial charge in [-0.05, 0) is 30.3 Å². The fourth-order valence-electron chi connectivity index (χ4n) is 2.42. The summed E-state index contributed by atoms with van der Waals surface area (Å²) in [4.78, 5) is 16.9. The molecule has 25 heavy (non-hydrogen) atoms. The molecule has 4 aromatic rings. The van der Waals surface area contributed by atoms with Crippen LogP contribution in [0.2, 0.25) is 0 Å². The minimum atomic E-state index is -0.242. The molecule has 6 nitrogen and oxygen atoms in total. The lowest BCUT2D eigenvalue weighted by molar-refractivity contribution is 0.102. The van der Waals surface area contributed by atoms with Crippen molar-refractivity contribution in [3.63, 3.8) is 0 Å². The molecular formula is C18H14N4O2S. The lowest BCUT2D eigenvalue weighted by Crippen LogP contribution is -2.10. The van der Waals surface area contributed by atoms with Gasteiger partial charge in [-0.15, -0.1) is 0 Å². The summed E-state index contributed by atoms with van der Waals surface area (Å²) >= 11 is 1.40. The number of nitrogens with one attached hydrogen (secondary N) is 1. The lowest BCUT2D eigenvalue weighted by Gasteiger charge is -1.99. The average Bonchev–Trinajstić information content (AvgIpc) is 3.28. The summed E-state index contributed by atoms with van der Waals surface area (Å²) in [7, 11) is 1.62. The van der Waals surface area contributed by atoms with E-state index in [1.165, 1.54) is 11.3 Å². The van der Waals surface area contributed by atoms with Gasteiger partial charge in [0, 0.05) is 6.20 Å². The van der Waals surface area contributed by atoms with Gasteiger partial charge < -0.3 is 4.74 Å². The number of nitrogens with zero attached hydrogens (tertiary/aromatic N) is 3. The summed E-state index contributed by atoms with van der Waals surface area (Å²) in [5, 5.41) is 7.60. The molecule has 2 aromatic carbocycles. The highest BCUT2D eigenvalue weighted by atomic mass is 32.1. The number of carbonyl (C=O) groups is 1. The minimum absolute atomic E-state index is 0.242. The predicted molar refractivity (Wildman–Crippen MR) is 97.7 cm³/mol. The predicted octanol–water partition coefficient (Wildman–Crippen LogP) is 3.74. The Hall–Kier alpha value is -3.19. The van der Waals surface area contributed by atoms with Crippen molar-refractivity contribution in [1.29, 1.82) is 0 Å². The largest absolute Gasteiger partial charge is 0.497 e. The van der Waals surface area contributed by atoms with Gasteiger partial charge in [0.05, 0.1) is 34.8 Å². The molecule has 7 heteroatoms. The highest BCUT2D eigenvalue weighted by molar-refractivity contribution is 7.22. The number of aromatic nitrogens is 3. The Morgan fingerprint density at radius 2 is 2.04 bits per heavy atom. The average molecular weight is 350 g/mol. The van der Waals surface area contributed by atoms with Crippen molar-refractivity contribution >= 4 is 32.6 Å². The van der Waals surface area contributed by atoms with Gasteiger partial charge in [-0.1, -0.05) is 29.5 Å². The highest BCUT2D eigenvalue weighted by Crippen LogP contribution is 2.29. The fraction of sp³-hybridized carbons (Fsp3) is 0.0556. The number of hydrogen-bond acceptors (Lipinski definition) is 5.